The summed E-state index contributed by atoms with van der Waals surface area (Å²) in [4.78, 5) is 15.0. The first-order valence-corrected chi connectivity index (χ1v) is 12.4. The second kappa shape index (κ2) is 8.52. The first-order chi connectivity index (χ1) is 14.7. The Bertz CT molecular complexity index is 1120. The largest absolute Gasteiger partial charge is 0.495 e. The maximum Gasteiger partial charge on any atom is 0.246 e. The van der Waals surface area contributed by atoms with Crippen molar-refractivity contribution in [3.05, 3.63) is 52.3 Å². The lowest BCUT2D eigenvalue weighted by Crippen LogP contribution is -2.46. The Morgan fingerprint density at radius 1 is 1.16 bits per heavy atom. The molecule has 1 unspecified atom stereocenters. The minimum Gasteiger partial charge on any atom is -0.495 e. The van der Waals surface area contributed by atoms with Crippen LogP contribution >= 0.6 is 15.9 Å². The normalized spacial score (nSPS) is 20.0. The number of anilines is 1. The van der Waals surface area contributed by atoms with Crippen molar-refractivity contribution in [1.82, 2.24) is 4.31 Å². The molecule has 9 heteroatoms. The standard InChI is InChI=1S/C22H24BrFN2O4S/c1-14-11-16-12-17(23)3-5-19(16)26(14)22(27)15-7-9-25(10-8-15)31(28,29)21-13-18(24)4-6-20(21)30-2/h3-6,12-15H,7-11H2,1-2H3. The molecule has 6 nitrogen and oxygen atoms in total. The molecule has 0 N–H and O–H groups in total. The maximum atomic E-state index is 13.7. The summed E-state index contributed by atoms with van der Waals surface area (Å²) in [7, 11) is -2.57. The van der Waals surface area contributed by atoms with Crippen LogP contribution in [0.1, 0.15) is 25.3 Å². The molecule has 0 aliphatic carbocycles. The van der Waals surface area contributed by atoms with Crippen LogP contribution in [0.3, 0.4) is 0 Å². The quantitative estimate of drug-likeness (QED) is 0.623. The molecule has 1 amide bonds. The molecule has 2 aliphatic heterocycles. The lowest BCUT2D eigenvalue weighted by atomic mass is 9.96. The monoisotopic (exact) mass is 510 g/mol. The number of fused-ring (bicyclic) bond motifs is 1. The van der Waals surface area contributed by atoms with Crippen molar-refractivity contribution in [2.75, 3.05) is 25.1 Å². The van der Waals surface area contributed by atoms with Crippen LogP contribution in [0.4, 0.5) is 10.1 Å². The molecule has 31 heavy (non-hydrogen) atoms. The van der Waals surface area contributed by atoms with Crippen molar-refractivity contribution in [2.45, 2.75) is 37.1 Å². The Hall–Kier alpha value is -1.97. The SMILES string of the molecule is COc1ccc(F)cc1S(=O)(=O)N1CCC(C(=O)N2c3ccc(Br)cc3CC2C)CC1. The number of rotatable bonds is 4. The summed E-state index contributed by atoms with van der Waals surface area (Å²) in [5.41, 5.74) is 2.06. The number of carbonyl (C=O) groups excluding carboxylic acids is 1. The van der Waals surface area contributed by atoms with Gasteiger partial charge in [-0.15, -0.1) is 0 Å². The molecule has 2 aromatic carbocycles. The molecular formula is C22H24BrFN2O4S. The Morgan fingerprint density at radius 3 is 2.55 bits per heavy atom. The van der Waals surface area contributed by atoms with Gasteiger partial charge in [-0.25, -0.2) is 12.8 Å². The summed E-state index contributed by atoms with van der Waals surface area (Å²) < 4.78 is 47.3. The third-order valence-electron chi connectivity index (χ3n) is 6.04. The van der Waals surface area contributed by atoms with Gasteiger partial charge in [-0.05, 0) is 68.1 Å². The van der Waals surface area contributed by atoms with E-state index in [9.17, 15) is 17.6 Å². The zero-order valence-corrected chi connectivity index (χ0v) is 19.7. The molecule has 0 aromatic heterocycles. The summed E-state index contributed by atoms with van der Waals surface area (Å²) in [5.74, 6) is -0.752. The van der Waals surface area contributed by atoms with Gasteiger partial charge in [0, 0.05) is 35.2 Å². The number of carbonyl (C=O) groups is 1. The predicted molar refractivity (Wildman–Crippen MR) is 119 cm³/mol. The van der Waals surface area contributed by atoms with Crippen LogP contribution in [0, 0.1) is 11.7 Å². The lowest BCUT2D eigenvalue weighted by molar-refractivity contribution is -0.123. The zero-order chi connectivity index (χ0) is 22.3. The number of methoxy groups -OCH3 is 1. The number of ether oxygens (including phenoxy) is 1. The van der Waals surface area contributed by atoms with Crippen molar-refractivity contribution in [3.8, 4) is 5.75 Å². The lowest BCUT2D eigenvalue weighted by Gasteiger charge is -2.34. The van der Waals surface area contributed by atoms with Crippen molar-refractivity contribution in [1.29, 1.82) is 0 Å². The first kappa shape index (κ1) is 22.2. The average molecular weight is 511 g/mol. The second-order valence-corrected chi connectivity index (χ2v) is 10.8. The molecule has 1 atom stereocenters. The number of hydrogen-bond acceptors (Lipinski definition) is 4. The molecular weight excluding hydrogens is 487 g/mol. The number of hydrogen-bond donors (Lipinski definition) is 0. The number of benzene rings is 2. The number of halogens is 2. The number of nitrogens with zero attached hydrogens (tertiary/aromatic N) is 2. The number of amides is 1. The van der Waals surface area contributed by atoms with Crippen molar-refractivity contribution in [3.63, 3.8) is 0 Å². The van der Waals surface area contributed by atoms with Crippen LogP contribution in [-0.4, -0.2) is 44.9 Å². The second-order valence-electron chi connectivity index (χ2n) is 8.01. The van der Waals surface area contributed by atoms with Crippen LogP contribution in [0.5, 0.6) is 5.75 Å². The third-order valence-corrected chi connectivity index (χ3v) is 8.45. The fourth-order valence-electron chi connectivity index (χ4n) is 4.47. The van der Waals surface area contributed by atoms with Crippen molar-refractivity contribution in [2.24, 2.45) is 5.92 Å². The van der Waals surface area contributed by atoms with Gasteiger partial charge < -0.3 is 9.64 Å². The minimum atomic E-state index is -3.92. The maximum absolute atomic E-state index is 13.7. The molecule has 1 fully saturated rings. The Morgan fingerprint density at radius 2 is 1.87 bits per heavy atom. The molecule has 2 aromatic rings. The Labute approximate surface area is 190 Å². The first-order valence-electron chi connectivity index (χ1n) is 10.2. The van der Waals surface area contributed by atoms with Crippen LogP contribution in [0.15, 0.2) is 45.8 Å². The summed E-state index contributed by atoms with van der Waals surface area (Å²) in [6.07, 6.45) is 1.64. The van der Waals surface area contributed by atoms with E-state index in [1.165, 1.54) is 17.5 Å². The molecule has 2 heterocycles. The summed E-state index contributed by atoms with van der Waals surface area (Å²) >= 11 is 3.48. The van der Waals surface area contributed by atoms with Gasteiger partial charge in [-0.1, -0.05) is 15.9 Å². The van der Waals surface area contributed by atoms with Crippen molar-refractivity contribution < 1.29 is 22.3 Å². The Kier molecular flexibility index (Phi) is 6.11. The average Bonchev–Trinajstić information content (AvgIpc) is 3.07. The predicted octanol–water partition coefficient (Wildman–Crippen LogP) is 3.98. The molecule has 0 spiro atoms. The minimum absolute atomic E-state index is 0.0361. The fraction of sp³-hybridized carbons (Fsp3) is 0.409. The molecule has 4 rings (SSSR count). The fourth-order valence-corrected chi connectivity index (χ4v) is 6.51. The van der Waals surface area contributed by atoms with Gasteiger partial charge in [-0.2, -0.15) is 4.31 Å². The molecule has 2 aliphatic rings. The highest BCUT2D eigenvalue weighted by atomic mass is 79.9. The summed E-state index contributed by atoms with van der Waals surface area (Å²) in [5, 5.41) is 0. The van der Waals surface area contributed by atoms with E-state index >= 15 is 0 Å². The highest BCUT2D eigenvalue weighted by molar-refractivity contribution is 9.10. The van der Waals surface area contributed by atoms with Gasteiger partial charge in [0.05, 0.1) is 7.11 Å². The van der Waals surface area contributed by atoms with Gasteiger partial charge in [0.1, 0.15) is 16.5 Å². The van der Waals surface area contributed by atoms with E-state index < -0.39 is 15.8 Å². The van der Waals surface area contributed by atoms with Crippen LogP contribution < -0.4 is 9.64 Å². The highest BCUT2D eigenvalue weighted by Gasteiger charge is 2.38. The van der Waals surface area contributed by atoms with Gasteiger partial charge in [0.2, 0.25) is 15.9 Å². The van der Waals surface area contributed by atoms with E-state index in [-0.39, 0.29) is 41.6 Å². The molecule has 166 valence electrons. The third kappa shape index (κ3) is 4.10. The van der Waals surface area contributed by atoms with Gasteiger partial charge in [-0.3, -0.25) is 4.79 Å². The number of piperidine rings is 1. The summed E-state index contributed by atoms with van der Waals surface area (Å²) in [6.45, 7) is 2.43. The van der Waals surface area contributed by atoms with Crippen LogP contribution in [0.2, 0.25) is 0 Å². The molecule has 0 radical (unpaired) electrons. The van der Waals surface area contributed by atoms with E-state index in [4.69, 9.17) is 4.74 Å². The van der Waals surface area contributed by atoms with Gasteiger partial charge >= 0.3 is 0 Å². The van der Waals surface area contributed by atoms with Crippen LogP contribution in [-0.2, 0) is 21.2 Å². The zero-order valence-electron chi connectivity index (χ0n) is 17.3. The van der Waals surface area contributed by atoms with Gasteiger partial charge in [0.15, 0.2) is 0 Å². The van der Waals surface area contributed by atoms with E-state index in [0.29, 0.717) is 12.8 Å². The molecule has 0 saturated carbocycles. The van der Waals surface area contributed by atoms with E-state index in [1.807, 2.05) is 30.0 Å². The van der Waals surface area contributed by atoms with E-state index in [1.54, 1.807) is 0 Å². The highest BCUT2D eigenvalue weighted by Crippen LogP contribution is 2.37. The number of sulfonamides is 1. The van der Waals surface area contributed by atoms with Gasteiger partial charge in [0.25, 0.3) is 0 Å². The topological polar surface area (TPSA) is 66.9 Å². The summed E-state index contributed by atoms with van der Waals surface area (Å²) in [6, 6.07) is 9.44. The van der Waals surface area contributed by atoms with Crippen molar-refractivity contribution >= 4 is 37.5 Å². The van der Waals surface area contributed by atoms with Crippen LogP contribution in [0.25, 0.3) is 0 Å². The molecule has 1 saturated heterocycles. The van der Waals surface area contributed by atoms with E-state index in [0.717, 1.165) is 34.3 Å². The Balaban J connectivity index is 1.49. The smallest absolute Gasteiger partial charge is 0.246 e. The van der Waals surface area contributed by atoms with E-state index in [2.05, 4.69) is 15.9 Å². The molecule has 0 bridgehead atoms.